The van der Waals surface area contributed by atoms with Crippen LogP contribution in [0.15, 0.2) is 35.3 Å². The van der Waals surface area contributed by atoms with Crippen LogP contribution in [0, 0.1) is 0 Å². The van der Waals surface area contributed by atoms with E-state index in [1.54, 1.807) is 0 Å². The quantitative estimate of drug-likeness (QED) is 0.315. The molecule has 0 saturated heterocycles. The number of hydrogen-bond donors (Lipinski definition) is 2. The van der Waals surface area contributed by atoms with Crippen LogP contribution in [-0.4, -0.2) is 30.6 Å². The van der Waals surface area contributed by atoms with E-state index < -0.39 is 5.60 Å². The summed E-state index contributed by atoms with van der Waals surface area (Å²) in [7, 11) is 0. The summed E-state index contributed by atoms with van der Waals surface area (Å²) in [6.07, 6.45) is 4.08. The van der Waals surface area contributed by atoms with Crippen LogP contribution in [0.4, 0.5) is 0 Å². The maximum absolute atomic E-state index is 11.6. The van der Waals surface area contributed by atoms with Gasteiger partial charge >= 0.3 is 5.97 Å². The first kappa shape index (κ1) is 20.0. The van der Waals surface area contributed by atoms with Gasteiger partial charge < -0.3 is 15.8 Å². The second kappa shape index (κ2) is 10.7. The summed E-state index contributed by atoms with van der Waals surface area (Å²) in [5, 5.41) is 3.12. The molecule has 1 rings (SSSR count). The van der Waals surface area contributed by atoms with Gasteiger partial charge in [0, 0.05) is 19.5 Å². The number of carbonyl (C=O) groups excluding carboxylic acids is 1. The second-order valence-electron chi connectivity index (χ2n) is 6.83. The van der Waals surface area contributed by atoms with Crippen molar-refractivity contribution in [1.29, 1.82) is 0 Å². The van der Waals surface area contributed by atoms with Gasteiger partial charge in [-0.1, -0.05) is 36.8 Å². The number of nitrogens with zero attached hydrogens (tertiary/aromatic N) is 1. The van der Waals surface area contributed by atoms with Crippen molar-refractivity contribution >= 4 is 11.9 Å². The van der Waals surface area contributed by atoms with Gasteiger partial charge in [-0.05, 0) is 45.6 Å². The smallest absolute Gasteiger partial charge is 0.306 e. The van der Waals surface area contributed by atoms with Crippen molar-refractivity contribution in [2.45, 2.75) is 58.5 Å². The molecule has 0 unspecified atom stereocenters. The van der Waals surface area contributed by atoms with E-state index in [2.05, 4.69) is 22.4 Å². The fourth-order valence-electron chi connectivity index (χ4n) is 2.19. The van der Waals surface area contributed by atoms with Gasteiger partial charge in [0.2, 0.25) is 0 Å². The summed E-state index contributed by atoms with van der Waals surface area (Å²) in [5.41, 5.74) is 6.71. The predicted molar refractivity (Wildman–Crippen MR) is 99.0 cm³/mol. The van der Waals surface area contributed by atoms with Crippen molar-refractivity contribution in [3.8, 4) is 0 Å². The zero-order chi connectivity index (χ0) is 17.8. The molecule has 0 amide bonds. The third-order valence-electron chi connectivity index (χ3n) is 3.30. The monoisotopic (exact) mass is 333 g/mol. The van der Waals surface area contributed by atoms with Crippen LogP contribution >= 0.6 is 0 Å². The van der Waals surface area contributed by atoms with E-state index >= 15 is 0 Å². The molecule has 0 fully saturated rings. The Balaban J connectivity index is 2.04. The van der Waals surface area contributed by atoms with Crippen molar-refractivity contribution in [3.63, 3.8) is 0 Å². The first-order chi connectivity index (χ1) is 11.4. The second-order valence-corrected chi connectivity index (χ2v) is 6.83. The molecular formula is C19H31N3O2. The summed E-state index contributed by atoms with van der Waals surface area (Å²) in [5.74, 6) is 0.353. The third kappa shape index (κ3) is 10.6. The molecule has 134 valence electrons. The number of esters is 1. The minimum absolute atomic E-state index is 0.131. The first-order valence-electron chi connectivity index (χ1n) is 8.66. The zero-order valence-electron chi connectivity index (χ0n) is 15.2. The molecule has 0 heterocycles. The number of unbranched alkanes of at least 4 members (excludes halogenated alkanes) is 2. The summed E-state index contributed by atoms with van der Waals surface area (Å²) in [6, 6.07) is 10.3. The highest BCUT2D eigenvalue weighted by Gasteiger charge is 2.15. The molecule has 0 spiro atoms. The van der Waals surface area contributed by atoms with Crippen molar-refractivity contribution < 1.29 is 9.53 Å². The fraction of sp³-hybridized carbons (Fsp3) is 0.579. The van der Waals surface area contributed by atoms with Crippen molar-refractivity contribution in [2.24, 2.45) is 10.7 Å². The zero-order valence-corrected chi connectivity index (χ0v) is 15.2. The van der Waals surface area contributed by atoms with Crippen LogP contribution in [0.25, 0.3) is 0 Å². The van der Waals surface area contributed by atoms with Crippen LogP contribution in [0.2, 0.25) is 0 Å². The maximum Gasteiger partial charge on any atom is 0.306 e. The van der Waals surface area contributed by atoms with E-state index in [1.165, 1.54) is 5.56 Å². The molecule has 5 nitrogen and oxygen atoms in total. The number of benzene rings is 1. The molecule has 1 aromatic rings. The molecule has 0 bridgehead atoms. The summed E-state index contributed by atoms with van der Waals surface area (Å²) in [4.78, 5) is 15.9. The van der Waals surface area contributed by atoms with Gasteiger partial charge in [-0.2, -0.15) is 0 Å². The van der Waals surface area contributed by atoms with Gasteiger partial charge in [-0.15, -0.1) is 0 Å². The molecule has 5 heteroatoms. The molecule has 0 aromatic heterocycles. The number of hydrogen-bond acceptors (Lipinski definition) is 3. The number of nitrogens with two attached hydrogens (primary N) is 1. The third-order valence-corrected chi connectivity index (χ3v) is 3.30. The average Bonchev–Trinajstić information content (AvgIpc) is 2.50. The highest BCUT2D eigenvalue weighted by molar-refractivity contribution is 5.77. The summed E-state index contributed by atoms with van der Waals surface area (Å²) >= 11 is 0. The average molecular weight is 333 g/mol. The fourth-order valence-corrected chi connectivity index (χ4v) is 2.19. The van der Waals surface area contributed by atoms with E-state index in [-0.39, 0.29) is 5.97 Å². The molecule has 1 aromatic carbocycles. The van der Waals surface area contributed by atoms with E-state index in [0.717, 1.165) is 32.2 Å². The van der Waals surface area contributed by atoms with Crippen LogP contribution < -0.4 is 11.1 Å². The van der Waals surface area contributed by atoms with Crippen molar-refractivity contribution in [3.05, 3.63) is 35.9 Å². The van der Waals surface area contributed by atoms with Crippen molar-refractivity contribution in [1.82, 2.24) is 5.32 Å². The number of rotatable bonds is 9. The number of aliphatic imine (C=N–C) groups is 1. The van der Waals surface area contributed by atoms with Gasteiger partial charge in [-0.25, -0.2) is 0 Å². The number of guanidine groups is 1. The number of carbonyl (C=O) groups is 1. The highest BCUT2D eigenvalue weighted by Crippen LogP contribution is 2.10. The maximum atomic E-state index is 11.6. The lowest BCUT2D eigenvalue weighted by molar-refractivity contribution is -0.154. The highest BCUT2D eigenvalue weighted by atomic mass is 16.6. The normalized spacial score (nSPS) is 12.0. The number of nitrogens with one attached hydrogen (secondary N) is 1. The Bertz CT molecular complexity index is 507. The largest absolute Gasteiger partial charge is 0.460 e. The van der Waals surface area contributed by atoms with Gasteiger partial charge in [-0.3, -0.25) is 9.79 Å². The molecular weight excluding hydrogens is 302 g/mol. The minimum atomic E-state index is -0.402. The van der Waals surface area contributed by atoms with Crippen LogP contribution in [0.1, 0.15) is 52.0 Å². The van der Waals surface area contributed by atoms with Gasteiger partial charge in [0.05, 0.1) is 0 Å². The number of ether oxygens (including phenoxy) is 1. The lowest BCUT2D eigenvalue weighted by Gasteiger charge is -2.19. The topological polar surface area (TPSA) is 76.7 Å². The van der Waals surface area contributed by atoms with Crippen LogP contribution in [-0.2, 0) is 16.0 Å². The van der Waals surface area contributed by atoms with Gasteiger partial charge in [0.25, 0.3) is 0 Å². The molecule has 0 aliphatic carbocycles. The Labute approximate surface area is 145 Å². The van der Waals surface area contributed by atoms with E-state index in [4.69, 9.17) is 10.5 Å². The Morgan fingerprint density at radius 2 is 1.88 bits per heavy atom. The predicted octanol–water partition coefficient (Wildman–Crippen LogP) is 3.04. The molecule has 0 aliphatic heterocycles. The molecule has 0 atom stereocenters. The minimum Gasteiger partial charge on any atom is -0.460 e. The van der Waals surface area contributed by atoms with E-state index in [0.29, 0.717) is 18.9 Å². The molecule has 3 N–H and O–H groups in total. The SMILES string of the molecule is CC(C)(C)OC(=O)CCCCCN=C(N)NCCc1ccccc1. The van der Waals surface area contributed by atoms with Crippen LogP contribution in [0.5, 0.6) is 0 Å². The van der Waals surface area contributed by atoms with Crippen molar-refractivity contribution in [2.75, 3.05) is 13.1 Å². The molecule has 0 radical (unpaired) electrons. The Morgan fingerprint density at radius 3 is 2.54 bits per heavy atom. The first-order valence-corrected chi connectivity index (χ1v) is 8.66. The Kier molecular flexibility index (Phi) is 8.90. The molecule has 24 heavy (non-hydrogen) atoms. The van der Waals surface area contributed by atoms with Crippen LogP contribution in [0.3, 0.4) is 0 Å². The van der Waals surface area contributed by atoms with E-state index in [9.17, 15) is 4.79 Å². The lowest BCUT2D eigenvalue weighted by Crippen LogP contribution is -2.33. The molecule has 0 saturated carbocycles. The lowest BCUT2D eigenvalue weighted by atomic mass is 10.1. The van der Waals surface area contributed by atoms with Gasteiger partial charge in [0.15, 0.2) is 5.96 Å². The molecule has 0 aliphatic rings. The Hall–Kier alpha value is -2.04. The summed E-state index contributed by atoms with van der Waals surface area (Å²) < 4.78 is 5.27. The Morgan fingerprint density at radius 1 is 1.17 bits per heavy atom. The van der Waals surface area contributed by atoms with E-state index in [1.807, 2.05) is 39.0 Å². The summed E-state index contributed by atoms with van der Waals surface area (Å²) in [6.45, 7) is 7.10. The standard InChI is InChI=1S/C19H31N3O2/c1-19(2,3)24-17(23)12-8-5-9-14-21-18(20)22-15-13-16-10-6-4-7-11-16/h4,6-7,10-11H,5,8-9,12-15H2,1-3H3,(H3,20,21,22). The van der Waals surface area contributed by atoms with Gasteiger partial charge in [0.1, 0.15) is 5.60 Å².